The quantitative estimate of drug-likeness (QED) is 0.0486. The topological polar surface area (TPSA) is 234 Å². The number of benzene rings is 2. The highest BCUT2D eigenvalue weighted by molar-refractivity contribution is 5.83. The minimum atomic E-state index is -1.65. The van der Waals surface area contributed by atoms with Crippen LogP contribution in [0.1, 0.15) is 79.6 Å². The number of aromatic amines is 2. The highest BCUT2D eigenvalue weighted by Gasteiger charge is 2.34. The van der Waals surface area contributed by atoms with Crippen molar-refractivity contribution in [3.8, 4) is 33.6 Å². The zero-order valence-electron chi connectivity index (χ0n) is 35.5. The number of nitrogens with zero attached hydrogens (tertiary/aromatic N) is 4. The summed E-state index contributed by atoms with van der Waals surface area (Å²) < 4.78 is 20.4. The molecule has 322 valence electrons. The smallest absolute Gasteiger partial charge is 0.425 e. The lowest BCUT2D eigenvalue weighted by Crippen LogP contribution is -2.55. The highest BCUT2D eigenvalue weighted by atomic mass is 16.6. The number of rotatable bonds is 17. The van der Waals surface area contributed by atoms with Gasteiger partial charge in [-0.15, -0.1) is 0 Å². The van der Waals surface area contributed by atoms with Crippen molar-refractivity contribution < 1.29 is 48.3 Å². The Labute approximate surface area is 344 Å². The first kappa shape index (κ1) is 47.7. The van der Waals surface area contributed by atoms with Gasteiger partial charge in [0, 0.05) is 32.7 Å². The Morgan fingerprint density at radius 3 is 1.69 bits per heavy atom. The predicted molar refractivity (Wildman–Crippen MR) is 218 cm³/mol. The van der Waals surface area contributed by atoms with Crippen LogP contribution in [0.2, 0.25) is 0 Å². The van der Waals surface area contributed by atoms with Crippen LogP contribution in [0.3, 0.4) is 0 Å². The van der Waals surface area contributed by atoms with Crippen LogP contribution in [-0.2, 0) is 39.8 Å². The van der Waals surface area contributed by atoms with E-state index in [2.05, 4.69) is 40.3 Å². The highest BCUT2D eigenvalue weighted by Crippen LogP contribution is 2.30. The number of methoxy groups -OCH3 is 2. The van der Waals surface area contributed by atoms with Crippen molar-refractivity contribution in [1.82, 2.24) is 40.8 Å². The number of hydrogen-bond donors (Lipinski definition) is 6. The SMILES string of the molecule is COC.COC(=O)NN(C(=O)C(Cc1ncc(-c2ccc(-c3ccc(-c4cnc(C(CC(=O)N(NC=O)C(C)C)OC(C)(C)O)[nH]4)cc3)cc2)[nH]1)OC(C)(C)O)C(C)C. The van der Waals surface area contributed by atoms with Crippen molar-refractivity contribution in [3.63, 3.8) is 0 Å². The molecule has 0 bridgehead atoms. The minimum Gasteiger partial charge on any atom is -0.452 e. The van der Waals surface area contributed by atoms with E-state index in [1.807, 2.05) is 48.5 Å². The number of ether oxygens (including phenoxy) is 4. The molecule has 2 atom stereocenters. The molecule has 0 aliphatic rings. The van der Waals surface area contributed by atoms with E-state index in [0.717, 1.165) is 27.3 Å². The van der Waals surface area contributed by atoms with Gasteiger partial charge in [0.15, 0.2) is 11.6 Å². The van der Waals surface area contributed by atoms with Crippen LogP contribution in [0.15, 0.2) is 60.9 Å². The molecule has 0 aliphatic carbocycles. The van der Waals surface area contributed by atoms with Crippen molar-refractivity contribution in [2.75, 3.05) is 21.3 Å². The third-order valence-electron chi connectivity index (χ3n) is 8.26. The molecule has 18 heteroatoms. The number of nitrogens with one attached hydrogen (secondary N) is 4. The van der Waals surface area contributed by atoms with Gasteiger partial charge in [0.1, 0.15) is 23.9 Å². The lowest BCUT2D eigenvalue weighted by Gasteiger charge is -2.32. The van der Waals surface area contributed by atoms with E-state index in [0.29, 0.717) is 29.4 Å². The normalized spacial score (nSPS) is 12.6. The molecule has 0 aliphatic heterocycles. The third kappa shape index (κ3) is 14.6. The molecule has 18 nitrogen and oxygen atoms in total. The average Bonchev–Trinajstić information content (AvgIpc) is 3.85. The third-order valence-corrected chi connectivity index (χ3v) is 8.26. The Bertz CT molecular complexity index is 1950. The standard InChI is InChI=1S/C39H52N8O9.C2H6O/c1-23(2)46(42-22-48)34(49)19-31(55-38(5,6)52)35-41-21-30(44-35)28-16-12-26(13-17-28)25-10-14-27(15-11-25)29-20-40-33(43-29)18-32(56-39(7,8)53)36(50)47(24(3)4)45-37(51)54-9;1-3-2/h10-17,20-24,31-32,52-53H,18-19H2,1-9H3,(H,40,43)(H,41,44)(H,42,48)(H,45,51);1-2H3. The first-order valence-electron chi connectivity index (χ1n) is 18.9. The van der Waals surface area contributed by atoms with Crippen LogP contribution < -0.4 is 10.9 Å². The molecular weight excluding hydrogens is 764 g/mol. The van der Waals surface area contributed by atoms with Crippen molar-refractivity contribution in [2.24, 2.45) is 0 Å². The lowest BCUT2D eigenvalue weighted by molar-refractivity contribution is -0.213. The molecule has 0 saturated carbocycles. The Morgan fingerprint density at radius 1 is 0.763 bits per heavy atom. The Hall–Kier alpha value is -5.66. The summed E-state index contributed by atoms with van der Waals surface area (Å²) in [5.41, 5.74) is 9.76. The van der Waals surface area contributed by atoms with E-state index in [1.165, 1.54) is 39.8 Å². The molecule has 2 aromatic carbocycles. The van der Waals surface area contributed by atoms with E-state index in [-0.39, 0.29) is 18.9 Å². The number of carbonyl (C=O) groups is 4. The fourth-order valence-electron chi connectivity index (χ4n) is 5.75. The largest absolute Gasteiger partial charge is 0.452 e. The van der Waals surface area contributed by atoms with Gasteiger partial charge in [-0.25, -0.2) is 25.2 Å². The van der Waals surface area contributed by atoms with Crippen LogP contribution in [0.4, 0.5) is 4.79 Å². The van der Waals surface area contributed by atoms with Crippen LogP contribution in [0.5, 0.6) is 0 Å². The number of H-pyrrole nitrogens is 2. The number of carbonyl (C=O) groups excluding carboxylic acids is 4. The van der Waals surface area contributed by atoms with E-state index in [9.17, 15) is 29.4 Å². The second kappa shape index (κ2) is 21.4. The maximum Gasteiger partial charge on any atom is 0.425 e. The van der Waals surface area contributed by atoms with Gasteiger partial charge in [-0.05, 0) is 77.6 Å². The molecule has 0 spiro atoms. The van der Waals surface area contributed by atoms with E-state index < -0.39 is 47.7 Å². The Morgan fingerprint density at radius 2 is 1.24 bits per heavy atom. The molecule has 0 saturated heterocycles. The number of aliphatic hydroxyl groups is 2. The summed E-state index contributed by atoms with van der Waals surface area (Å²) in [7, 11) is 4.44. The zero-order chi connectivity index (χ0) is 44.1. The van der Waals surface area contributed by atoms with Crippen LogP contribution >= 0.6 is 0 Å². The molecule has 4 amide bonds. The van der Waals surface area contributed by atoms with Crippen LogP contribution in [-0.4, -0.2) is 116 Å². The monoisotopic (exact) mass is 822 g/mol. The molecule has 2 heterocycles. The van der Waals surface area contributed by atoms with Crippen molar-refractivity contribution in [2.45, 2.75) is 104 Å². The Balaban J connectivity index is 0.00000300. The van der Waals surface area contributed by atoms with Gasteiger partial charge in [0.25, 0.3) is 5.91 Å². The van der Waals surface area contributed by atoms with Gasteiger partial charge >= 0.3 is 6.09 Å². The zero-order valence-corrected chi connectivity index (χ0v) is 35.5. The fraction of sp³-hybridized carbons (Fsp3) is 0.463. The molecule has 4 rings (SSSR count). The van der Waals surface area contributed by atoms with E-state index in [4.69, 9.17) is 9.47 Å². The van der Waals surface area contributed by atoms with Crippen molar-refractivity contribution in [3.05, 3.63) is 72.6 Å². The van der Waals surface area contributed by atoms with Crippen LogP contribution in [0, 0.1) is 0 Å². The molecule has 0 fully saturated rings. The fourth-order valence-corrected chi connectivity index (χ4v) is 5.75. The van der Waals surface area contributed by atoms with Gasteiger partial charge in [-0.1, -0.05) is 48.5 Å². The first-order chi connectivity index (χ1) is 27.7. The summed E-state index contributed by atoms with van der Waals surface area (Å²) in [6, 6.07) is 14.9. The van der Waals surface area contributed by atoms with E-state index in [1.54, 1.807) is 54.3 Å². The average molecular weight is 823 g/mol. The molecule has 2 aromatic heterocycles. The Kier molecular flexibility index (Phi) is 17.3. The number of aromatic nitrogens is 4. The first-order valence-corrected chi connectivity index (χ1v) is 18.9. The number of amides is 4. The summed E-state index contributed by atoms with van der Waals surface area (Å²) in [5, 5.41) is 23.1. The lowest BCUT2D eigenvalue weighted by atomic mass is 10.0. The summed E-state index contributed by atoms with van der Waals surface area (Å²) in [6.45, 7) is 12.7. The second-order valence-electron chi connectivity index (χ2n) is 15.0. The number of hydrazine groups is 2. The second-order valence-corrected chi connectivity index (χ2v) is 15.0. The molecule has 4 aromatic rings. The summed E-state index contributed by atoms with van der Waals surface area (Å²) in [6.07, 6.45) is 0.565. The van der Waals surface area contributed by atoms with Gasteiger partial charge in [0.2, 0.25) is 12.3 Å². The number of imidazole rings is 2. The molecule has 2 unspecified atom stereocenters. The predicted octanol–water partition coefficient (Wildman–Crippen LogP) is 4.63. The molecule has 59 heavy (non-hydrogen) atoms. The summed E-state index contributed by atoms with van der Waals surface area (Å²) >= 11 is 0. The summed E-state index contributed by atoms with van der Waals surface area (Å²) in [4.78, 5) is 64.8. The van der Waals surface area contributed by atoms with Crippen molar-refractivity contribution in [1.29, 1.82) is 0 Å². The van der Waals surface area contributed by atoms with Crippen LogP contribution in [0.25, 0.3) is 33.6 Å². The van der Waals surface area contributed by atoms with E-state index >= 15 is 0 Å². The maximum atomic E-state index is 13.5. The molecular formula is C41H58N8O10. The summed E-state index contributed by atoms with van der Waals surface area (Å²) in [5.74, 6) is -3.44. The number of hydrogen-bond acceptors (Lipinski definition) is 12. The van der Waals surface area contributed by atoms with Gasteiger partial charge in [-0.3, -0.25) is 24.8 Å². The maximum absolute atomic E-state index is 13.5. The van der Waals surface area contributed by atoms with Gasteiger partial charge < -0.3 is 39.1 Å². The van der Waals surface area contributed by atoms with Crippen molar-refractivity contribution >= 4 is 24.3 Å². The molecule has 6 N–H and O–H groups in total. The molecule has 0 radical (unpaired) electrons. The minimum absolute atomic E-state index is 0.0159. The van der Waals surface area contributed by atoms with Gasteiger partial charge in [0.05, 0.1) is 37.3 Å². The van der Waals surface area contributed by atoms with Gasteiger partial charge in [-0.2, -0.15) is 0 Å².